The van der Waals surface area contributed by atoms with Gasteiger partial charge in [-0.1, -0.05) is 0 Å². The zero-order valence-corrected chi connectivity index (χ0v) is 6.18. The second kappa shape index (κ2) is 6.51. The number of carbonyl (C=O) groups is 1. The molecule has 0 radical (unpaired) electrons. The van der Waals surface area contributed by atoms with Crippen molar-refractivity contribution in [1.29, 1.82) is 0 Å². The maximum absolute atomic E-state index is 9.98. The summed E-state index contributed by atoms with van der Waals surface area (Å²) in [6.45, 7) is 2.25. The molecule has 0 atom stereocenters. The van der Waals surface area contributed by atoms with Crippen LogP contribution in [0.15, 0.2) is 0 Å². The van der Waals surface area contributed by atoms with Gasteiger partial charge in [0.1, 0.15) is 0 Å². The average molecular weight is 146 g/mol. The minimum Gasteiger partial charge on any atom is -0.481 e. The molecular weight excluding hydrogens is 132 g/mol. The molecule has 0 spiro atoms. The van der Waals surface area contributed by atoms with Gasteiger partial charge in [0.15, 0.2) is 0 Å². The standard InChI is InChI=1S/C6H14N2O2/c1-7-4-5-8-3-2-6(9)10/h7-8H,2-5H2,1H3,(H,9,10). The number of aliphatic carboxylic acids is 1. The monoisotopic (exact) mass is 146 g/mol. The van der Waals surface area contributed by atoms with E-state index in [1.165, 1.54) is 0 Å². The predicted octanol–water partition coefficient (Wildman–Crippen LogP) is -0.730. The molecule has 0 aromatic heterocycles. The van der Waals surface area contributed by atoms with Crippen LogP contribution in [0, 0.1) is 0 Å². The fraction of sp³-hybridized carbons (Fsp3) is 0.833. The first-order valence-corrected chi connectivity index (χ1v) is 3.34. The van der Waals surface area contributed by atoms with Crippen molar-refractivity contribution >= 4 is 5.97 Å². The van der Waals surface area contributed by atoms with Gasteiger partial charge in [0.25, 0.3) is 0 Å². The molecule has 0 saturated carbocycles. The van der Waals surface area contributed by atoms with E-state index in [0.29, 0.717) is 6.54 Å². The zero-order valence-electron chi connectivity index (χ0n) is 6.18. The third-order valence-corrected chi connectivity index (χ3v) is 1.07. The van der Waals surface area contributed by atoms with Crippen molar-refractivity contribution in [3.8, 4) is 0 Å². The summed E-state index contributed by atoms with van der Waals surface area (Å²) in [6.07, 6.45) is 0.198. The van der Waals surface area contributed by atoms with Gasteiger partial charge in [-0.15, -0.1) is 0 Å². The molecule has 4 nitrogen and oxygen atoms in total. The molecule has 0 aliphatic rings. The number of carboxylic acid groups (broad SMARTS) is 1. The van der Waals surface area contributed by atoms with Gasteiger partial charge in [0.05, 0.1) is 6.42 Å². The van der Waals surface area contributed by atoms with Crippen molar-refractivity contribution in [3.05, 3.63) is 0 Å². The SMILES string of the molecule is CNCCNCCC(=O)O. The Hall–Kier alpha value is -0.610. The molecule has 0 bridgehead atoms. The van der Waals surface area contributed by atoms with E-state index in [1.54, 1.807) is 0 Å². The van der Waals surface area contributed by atoms with Gasteiger partial charge < -0.3 is 15.7 Å². The topological polar surface area (TPSA) is 61.4 Å². The minimum atomic E-state index is -0.753. The first-order chi connectivity index (χ1) is 4.77. The summed E-state index contributed by atoms with van der Waals surface area (Å²) < 4.78 is 0. The summed E-state index contributed by atoms with van der Waals surface area (Å²) in [5.74, 6) is -0.753. The lowest BCUT2D eigenvalue weighted by molar-refractivity contribution is -0.136. The van der Waals surface area contributed by atoms with Crippen LogP contribution in [0.5, 0.6) is 0 Å². The smallest absolute Gasteiger partial charge is 0.304 e. The molecular formula is C6H14N2O2. The summed E-state index contributed by atoms with van der Waals surface area (Å²) in [4.78, 5) is 9.98. The normalized spacial score (nSPS) is 9.70. The van der Waals surface area contributed by atoms with Crippen molar-refractivity contribution in [1.82, 2.24) is 10.6 Å². The maximum atomic E-state index is 9.98. The molecule has 60 valence electrons. The average Bonchev–Trinajstić information content (AvgIpc) is 1.87. The zero-order chi connectivity index (χ0) is 7.82. The van der Waals surface area contributed by atoms with E-state index in [1.807, 2.05) is 7.05 Å². The van der Waals surface area contributed by atoms with Crippen LogP contribution in [-0.4, -0.2) is 37.8 Å². The van der Waals surface area contributed by atoms with Crippen LogP contribution in [-0.2, 0) is 4.79 Å². The second-order valence-corrected chi connectivity index (χ2v) is 2.00. The Kier molecular flexibility index (Phi) is 6.11. The Morgan fingerprint density at radius 3 is 2.60 bits per heavy atom. The second-order valence-electron chi connectivity index (χ2n) is 2.00. The molecule has 0 aromatic carbocycles. The number of hydrogen-bond acceptors (Lipinski definition) is 3. The Bertz CT molecular complexity index is 95.7. The predicted molar refractivity (Wildman–Crippen MR) is 39.0 cm³/mol. The van der Waals surface area contributed by atoms with Gasteiger partial charge >= 0.3 is 5.97 Å². The highest BCUT2D eigenvalue weighted by Crippen LogP contribution is 1.73. The Balaban J connectivity index is 2.84. The third-order valence-electron chi connectivity index (χ3n) is 1.07. The van der Waals surface area contributed by atoms with E-state index in [4.69, 9.17) is 5.11 Å². The van der Waals surface area contributed by atoms with Crippen LogP contribution < -0.4 is 10.6 Å². The molecule has 0 fully saturated rings. The lowest BCUT2D eigenvalue weighted by atomic mass is 10.4. The highest BCUT2D eigenvalue weighted by Gasteiger charge is 1.93. The number of nitrogens with one attached hydrogen (secondary N) is 2. The lowest BCUT2D eigenvalue weighted by Gasteiger charge is -2.00. The molecule has 10 heavy (non-hydrogen) atoms. The van der Waals surface area contributed by atoms with Gasteiger partial charge in [0, 0.05) is 19.6 Å². The van der Waals surface area contributed by atoms with Crippen LogP contribution >= 0.6 is 0 Å². The van der Waals surface area contributed by atoms with E-state index in [9.17, 15) is 4.79 Å². The number of likely N-dealkylation sites (N-methyl/N-ethyl adjacent to an activating group) is 1. The van der Waals surface area contributed by atoms with Gasteiger partial charge in [-0.2, -0.15) is 0 Å². The van der Waals surface area contributed by atoms with E-state index in [0.717, 1.165) is 13.1 Å². The number of hydrogen-bond donors (Lipinski definition) is 3. The van der Waals surface area contributed by atoms with Gasteiger partial charge in [-0.25, -0.2) is 0 Å². The highest BCUT2D eigenvalue weighted by molar-refractivity contribution is 5.66. The molecule has 0 aromatic rings. The largest absolute Gasteiger partial charge is 0.481 e. The van der Waals surface area contributed by atoms with Crippen molar-refractivity contribution < 1.29 is 9.90 Å². The molecule has 0 rings (SSSR count). The lowest BCUT2D eigenvalue weighted by Crippen LogP contribution is -2.26. The molecule has 0 amide bonds. The van der Waals surface area contributed by atoms with E-state index >= 15 is 0 Å². The highest BCUT2D eigenvalue weighted by atomic mass is 16.4. The van der Waals surface area contributed by atoms with Gasteiger partial charge in [-0.05, 0) is 7.05 Å². The van der Waals surface area contributed by atoms with E-state index in [2.05, 4.69) is 10.6 Å². The molecule has 0 heterocycles. The molecule has 0 aliphatic carbocycles. The first kappa shape index (κ1) is 9.39. The van der Waals surface area contributed by atoms with Crippen molar-refractivity contribution in [2.45, 2.75) is 6.42 Å². The Labute approximate surface area is 60.6 Å². The van der Waals surface area contributed by atoms with Crippen molar-refractivity contribution in [2.24, 2.45) is 0 Å². The molecule has 0 unspecified atom stereocenters. The fourth-order valence-corrected chi connectivity index (χ4v) is 0.534. The Morgan fingerprint density at radius 1 is 1.40 bits per heavy atom. The molecule has 0 saturated heterocycles. The summed E-state index contributed by atoms with van der Waals surface area (Å²) >= 11 is 0. The van der Waals surface area contributed by atoms with Gasteiger partial charge in [0.2, 0.25) is 0 Å². The quantitative estimate of drug-likeness (QED) is 0.432. The Morgan fingerprint density at radius 2 is 2.10 bits per heavy atom. The van der Waals surface area contributed by atoms with E-state index in [-0.39, 0.29) is 6.42 Å². The van der Waals surface area contributed by atoms with Gasteiger partial charge in [-0.3, -0.25) is 4.79 Å². The van der Waals surface area contributed by atoms with Crippen LogP contribution in [0.25, 0.3) is 0 Å². The van der Waals surface area contributed by atoms with Crippen molar-refractivity contribution in [2.75, 3.05) is 26.7 Å². The van der Waals surface area contributed by atoms with Crippen LogP contribution in [0.4, 0.5) is 0 Å². The van der Waals surface area contributed by atoms with E-state index < -0.39 is 5.97 Å². The summed E-state index contributed by atoms with van der Waals surface area (Å²) in [6, 6.07) is 0. The summed E-state index contributed by atoms with van der Waals surface area (Å²) in [7, 11) is 1.86. The van der Waals surface area contributed by atoms with Crippen LogP contribution in [0.2, 0.25) is 0 Å². The first-order valence-electron chi connectivity index (χ1n) is 3.34. The number of carboxylic acids is 1. The fourth-order valence-electron chi connectivity index (χ4n) is 0.534. The number of rotatable bonds is 6. The molecule has 3 N–H and O–H groups in total. The summed E-state index contributed by atoms with van der Waals surface area (Å²) in [5.41, 5.74) is 0. The minimum absolute atomic E-state index is 0.198. The summed E-state index contributed by atoms with van der Waals surface area (Å²) in [5, 5.41) is 14.1. The van der Waals surface area contributed by atoms with Crippen LogP contribution in [0.1, 0.15) is 6.42 Å². The maximum Gasteiger partial charge on any atom is 0.304 e. The molecule has 0 aliphatic heterocycles. The van der Waals surface area contributed by atoms with Crippen LogP contribution in [0.3, 0.4) is 0 Å². The third kappa shape index (κ3) is 7.39. The molecule has 4 heteroatoms. The van der Waals surface area contributed by atoms with Crippen molar-refractivity contribution in [3.63, 3.8) is 0 Å².